The summed E-state index contributed by atoms with van der Waals surface area (Å²) in [6, 6.07) is 4.02. The summed E-state index contributed by atoms with van der Waals surface area (Å²) in [6.45, 7) is 2.26. The highest BCUT2D eigenvalue weighted by Gasteiger charge is 2.38. The lowest BCUT2D eigenvalue weighted by Crippen LogP contribution is -1.99. The molecule has 0 bridgehead atoms. The number of halogens is 1. The summed E-state index contributed by atoms with van der Waals surface area (Å²) in [5, 5.41) is 0.607. The molecule has 58 valence electrons. The average molecular weight is 168 g/mol. The van der Waals surface area contributed by atoms with E-state index in [9.17, 15) is 0 Å². The van der Waals surface area contributed by atoms with Crippen molar-refractivity contribution in [1.82, 2.24) is 4.98 Å². The molecule has 1 aliphatic carbocycles. The second-order valence-corrected chi connectivity index (χ2v) is 3.82. The Morgan fingerprint density at radius 1 is 1.55 bits per heavy atom. The van der Waals surface area contributed by atoms with Crippen LogP contribution < -0.4 is 0 Å². The Kier molecular flexibility index (Phi) is 1.43. The van der Waals surface area contributed by atoms with E-state index in [1.165, 1.54) is 18.4 Å². The molecule has 1 aromatic rings. The van der Waals surface area contributed by atoms with Crippen molar-refractivity contribution in [2.75, 3.05) is 0 Å². The molecule has 0 amide bonds. The molecule has 1 fully saturated rings. The Balaban J connectivity index is 2.38. The Morgan fingerprint density at radius 3 is 2.82 bits per heavy atom. The molecule has 1 aromatic heterocycles. The number of aromatic nitrogens is 1. The SMILES string of the molecule is CC1(c2ccnc(Cl)c2)CC1. The number of rotatable bonds is 1. The third-order valence-electron chi connectivity index (χ3n) is 2.42. The number of hydrogen-bond donors (Lipinski definition) is 0. The zero-order valence-electron chi connectivity index (χ0n) is 6.47. The van der Waals surface area contributed by atoms with E-state index in [0.717, 1.165) is 0 Å². The maximum absolute atomic E-state index is 5.77. The summed E-state index contributed by atoms with van der Waals surface area (Å²) in [6.07, 6.45) is 4.35. The van der Waals surface area contributed by atoms with Crippen molar-refractivity contribution in [3.63, 3.8) is 0 Å². The molecular weight excluding hydrogens is 158 g/mol. The van der Waals surface area contributed by atoms with Crippen LogP contribution in [0.4, 0.5) is 0 Å². The molecule has 0 N–H and O–H groups in total. The first-order valence-electron chi connectivity index (χ1n) is 3.83. The van der Waals surface area contributed by atoms with Gasteiger partial charge in [-0.15, -0.1) is 0 Å². The molecule has 0 spiro atoms. The monoisotopic (exact) mass is 167 g/mol. The van der Waals surface area contributed by atoms with Gasteiger partial charge in [0, 0.05) is 6.20 Å². The molecule has 0 aromatic carbocycles. The third kappa shape index (κ3) is 1.25. The smallest absolute Gasteiger partial charge is 0.129 e. The molecule has 0 atom stereocenters. The van der Waals surface area contributed by atoms with Gasteiger partial charge in [-0.2, -0.15) is 0 Å². The summed E-state index contributed by atoms with van der Waals surface area (Å²) in [5.41, 5.74) is 1.74. The van der Waals surface area contributed by atoms with Gasteiger partial charge in [0.15, 0.2) is 0 Å². The molecule has 0 unspecified atom stereocenters. The van der Waals surface area contributed by atoms with E-state index >= 15 is 0 Å². The second-order valence-electron chi connectivity index (χ2n) is 3.43. The normalized spacial score (nSPS) is 19.8. The van der Waals surface area contributed by atoms with Crippen molar-refractivity contribution in [1.29, 1.82) is 0 Å². The Hall–Kier alpha value is -0.560. The van der Waals surface area contributed by atoms with Crippen molar-refractivity contribution >= 4 is 11.6 Å². The van der Waals surface area contributed by atoms with Crippen LogP contribution >= 0.6 is 11.6 Å². The second kappa shape index (κ2) is 2.21. The fraction of sp³-hybridized carbons (Fsp3) is 0.444. The van der Waals surface area contributed by atoms with Crippen LogP contribution in [0.3, 0.4) is 0 Å². The van der Waals surface area contributed by atoms with Crippen LogP contribution in [-0.4, -0.2) is 4.98 Å². The molecule has 2 rings (SSSR count). The van der Waals surface area contributed by atoms with E-state index in [4.69, 9.17) is 11.6 Å². The minimum absolute atomic E-state index is 0.409. The first-order valence-corrected chi connectivity index (χ1v) is 4.21. The van der Waals surface area contributed by atoms with Crippen LogP contribution in [0, 0.1) is 0 Å². The molecule has 0 aliphatic heterocycles. The van der Waals surface area contributed by atoms with E-state index in [2.05, 4.69) is 18.0 Å². The molecule has 0 radical (unpaired) electrons. The van der Waals surface area contributed by atoms with Gasteiger partial charge in [-0.05, 0) is 36.0 Å². The summed E-state index contributed by atoms with van der Waals surface area (Å²) in [4.78, 5) is 3.95. The minimum Gasteiger partial charge on any atom is -0.245 e. The molecule has 2 heteroatoms. The number of hydrogen-bond acceptors (Lipinski definition) is 1. The van der Waals surface area contributed by atoms with Crippen LogP contribution in [0.25, 0.3) is 0 Å². The Bertz CT molecular complexity index is 279. The zero-order valence-corrected chi connectivity index (χ0v) is 7.23. The summed E-state index contributed by atoms with van der Waals surface area (Å²) in [7, 11) is 0. The fourth-order valence-corrected chi connectivity index (χ4v) is 1.43. The first-order chi connectivity index (χ1) is 5.21. The zero-order chi connectivity index (χ0) is 7.90. The lowest BCUT2D eigenvalue weighted by molar-refractivity contribution is 0.785. The maximum Gasteiger partial charge on any atom is 0.129 e. The molecule has 1 saturated carbocycles. The number of pyridine rings is 1. The van der Waals surface area contributed by atoms with E-state index in [1.54, 1.807) is 6.20 Å². The average Bonchev–Trinajstić information content (AvgIpc) is 2.70. The predicted molar refractivity (Wildman–Crippen MR) is 45.8 cm³/mol. The van der Waals surface area contributed by atoms with Gasteiger partial charge in [-0.25, -0.2) is 4.98 Å². The molecule has 1 nitrogen and oxygen atoms in total. The van der Waals surface area contributed by atoms with Crippen molar-refractivity contribution in [2.45, 2.75) is 25.2 Å². The van der Waals surface area contributed by atoms with Gasteiger partial charge < -0.3 is 0 Å². The van der Waals surface area contributed by atoms with E-state index < -0.39 is 0 Å². The minimum atomic E-state index is 0.409. The third-order valence-corrected chi connectivity index (χ3v) is 2.63. The van der Waals surface area contributed by atoms with Crippen molar-refractivity contribution < 1.29 is 0 Å². The summed E-state index contributed by atoms with van der Waals surface area (Å²) < 4.78 is 0. The van der Waals surface area contributed by atoms with Gasteiger partial charge >= 0.3 is 0 Å². The molecule has 0 saturated heterocycles. The Morgan fingerprint density at radius 2 is 2.27 bits per heavy atom. The molecular formula is C9H10ClN. The van der Waals surface area contributed by atoms with Crippen molar-refractivity contribution in [3.8, 4) is 0 Å². The van der Waals surface area contributed by atoms with Gasteiger partial charge in [-0.1, -0.05) is 18.5 Å². The van der Waals surface area contributed by atoms with Crippen molar-refractivity contribution in [3.05, 3.63) is 29.0 Å². The lowest BCUT2D eigenvalue weighted by Gasteiger charge is -2.07. The largest absolute Gasteiger partial charge is 0.245 e. The molecule has 1 aliphatic rings. The highest BCUT2D eigenvalue weighted by molar-refractivity contribution is 6.29. The van der Waals surface area contributed by atoms with E-state index in [1.807, 2.05) is 6.07 Å². The van der Waals surface area contributed by atoms with Crippen LogP contribution in [-0.2, 0) is 5.41 Å². The van der Waals surface area contributed by atoms with Gasteiger partial charge in [0.05, 0.1) is 0 Å². The predicted octanol–water partition coefficient (Wildman–Crippen LogP) is 2.79. The summed E-state index contributed by atoms with van der Waals surface area (Å²) in [5.74, 6) is 0. The topological polar surface area (TPSA) is 12.9 Å². The van der Waals surface area contributed by atoms with E-state index in [0.29, 0.717) is 10.6 Å². The van der Waals surface area contributed by atoms with Crippen LogP contribution in [0.2, 0.25) is 5.15 Å². The van der Waals surface area contributed by atoms with Gasteiger partial charge in [0.1, 0.15) is 5.15 Å². The lowest BCUT2D eigenvalue weighted by atomic mass is 10.0. The van der Waals surface area contributed by atoms with Crippen molar-refractivity contribution in [2.24, 2.45) is 0 Å². The Labute approximate surface area is 71.4 Å². The van der Waals surface area contributed by atoms with Crippen LogP contribution in [0.5, 0.6) is 0 Å². The molecule has 11 heavy (non-hydrogen) atoms. The molecule has 1 heterocycles. The van der Waals surface area contributed by atoms with Crippen LogP contribution in [0.1, 0.15) is 25.3 Å². The van der Waals surface area contributed by atoms with Gasteiger partial charge in [-0.3, -0.25) is 0 Å². The highest BCUT2D eigenvalue weighted by atomic mass is 35.5. The number of nitrogens with zero attached hydrogens (tertiary/aromatic N) is 1. The first kappa shape index (κ1) is 7.11. The standard InChI is InChI=1S/C9H10ClN/c1-9(3-4-9)7-2-5-11-8(10)6-7/h2,5-6H,3-4H2,1H3. The quantitative estimate of drug-likeness (QED) is 0.587. The maximum atomic E-state index is 5.77. The highest BCUT2D eigenvalue weighted by Crippen LogP contribution is 2.47. The van der Waals surface area contributed by atoms with Gasteiger partial charge in [0.2, 0.25) is 0 Å². The summed E-state index contributed by atoms with van der Waals surface area (Å²) >= 11 is 5.77. The van der Waals surface area contributed by atoms with Gasteiger partial charge in [0.25, 0.3) is 0 Å². The fourth-order valence-electron chi connectivity index (χ4n) is 1.25. The van der Waals surface area contributed by atoms with Crippen LogP contribution in [0.15, 0.2) is 18.3 Å². The van der Waals surface area contributed by atoms with E-state index in [-0.39, 0.29) is 0 Å².